The number of hydrogen-bond acceptors (Lipinski definition) is 17. The summed E-state index contributed by atoms with van der Waals surface area (Å²) < 4.78 is 13.3. The van der Waals surface area contributed by atoms with Gasteiger partial charge in [-0.2, -0.15) is 0 Å². The minimum atomic E-state index is -3.62. The first kappa shape index (κ1) is 93.6. The second-order valence-electron chi connectivity index (χ2n) is 33.9. The second kappa shape index (κ2) is 41.2. The first-order chi connectivity index (χ1) is 59.0. The topological polar surface area (TPSA) is 369 Å². The fourth-order valence-corrected chi connectivity index (χ4v) is 27.4. The van der Waals surface area contributed by atoms with Crippen LogP contribution < -0.4 is 58.9 Å². The Labute approximate surface area is 735 Å². The van der Waals surface area contributed by atoms with Crippen LogP contribution in [0.3, 0.4) is 0 Å². The third-order valence-electron chi connectivity index (χ3n) is 24.1. The highest BCUT2D eigenvalue weighted by molar-refractivity contribution is 8.22. The van der Waals surface area contributed by atoms with Crippen LogP contribution in [-0.2, 0) is 92.2 Å². The van der Waals surface area contributed by atoms with Gasteiger partial charge in [0.1, 0.15) is 72.6 Å². The SMILES string of the molecule is CC(=O)N[C@@H](C)C(=O)NC(C)(C)C(=O)N[C@@H](C)C(=O)N[C@@H](Cc1ccccc1)C(=O)N[C@@H](C)C(=O)N(C(=O)OCC1c2ccccc2-c2ccccc21)[C@@H](CP(=S)(C1CCCCC1)C1CCCCC1)C(=O)N(C(=O)OCC1c2ccccc2-c2ccccc21)[C@@H](CP(=S)(c1ccccc1)c1ccccc1)C(=O)N[C@@H](C)C(=O)NC(C)(C)C(=O)N[C@@H](C)C(N)=O. The van der Waals surface area contributed by atoms with Gasteiger partial charge in [0.15, 0.2) is 0 Å². The first-order valence-corrected chi connectivity index (χ1v) is 48.6. The van der Waals surface area contributed by atoms with E-state index >= 15 is 28.8 Å². The summed E-state index contributed by atoms with van der Waals surface area (Å²) in [4.78, 5) is 198. The molecule has 26 nitrogen and oxygen atoms in total. The van der Waals surface area contributed by atoms with Crippen LogP contribution in [0.25, 0.3) is 22.3 Å². The Hall–Kier alpha value is -11.1. The summed E-state index contributed by atoms with van der Waals surface area (Å²) in [5, 5.41) is 22.2. The van der Waals surface area contributed by atoms with Gasteiger partial charge in [0.2, 0.25) is 53.2 Å². The highest BCUT2D eigenvalue weighted by Gasteiger charge is 2.53. The molecule has 124 heavy (non-hydrogen) atoms. The van der Waals surface area contributed by atoms with Crippen molar-refractivity contribution >= 4 is 123 Å². The van der Waals surface area contributed by atoms with Gasteiger partial charge in [0, 0.05) is 43.5 Å². The van der Waals surface area contributed by atoms with E-state index in [-0.39, 0.29) is 17.7 Å². The van der Waals surface area contributed by atoms with Gasteiger partial charge in [0.05, 0.1) is 0 Å². The number of imide groups is 2. The van der Waals surface area contributed by atoms with E-state index < -0.39 is 186 Å². The van der Waals surface area contributed by atoms with Crippen molar-refractivity contribution in [3.8, 4) is 22.3 Å². The molecule has 10 N–H and O–H groups in total. The highest BCUT2D eigenvalue weighted by Crippen LogP contribution is 2.64. The molecule has 0 bridgehead atoms. The van der Waals surface area contributed by atoms with Crippen LogP contribution in [0.4, 0.5) is 9.59 Å². The fourth-order valence-electron chi connectivity index (χ4n) is 17.1. The maximum atomic E-state index is 18.3. The van der Waals surface area contributed by atoms with Gasteiger partial charge >= 0.3 is 12.2 Å². The van der Waals surface area contributed by atoms with Crippen molar-refractivity contribution < 1.29 is 71.8 Å². The van der Waals surface area contributed by atoms with E-state index in [0.717, 1.165) is 83.0 Å². The van der Waals surface area contributed by atoms with Crippen LogP contribution in [0, 0.1) is 0 Å². The van der Waals surface area contributed by atoms with E-state index in [1.165, 1.54) is 69.2 Å². The molecule has 656 valence electrons. The molecule has 2 saturated carbocycles. The molecule has 4 aliphatic carbocycles. The number of rotatable bonds is 34. The van der Waals surface area contributed by atoms with Crippen molar-refractivity contribution in [2.24, 2.45) is 5.73 Å². The summed E-state index contributed by atoms with van der Waals surface area (Å²) in [6.07, 6.45) is 3.36. The number of carbonyl (C=O) groups excluding carboxylic acids is 13. The van der Waals surface area contributed by atoms with Gasteiger partial charge in [-0.1, -0.05) is 250 Å². The quantitative estimate of drug-likeness (QED) is 0.0169. The molecule has 0 radical (unpaired) electrons. The van der Waals surface area contributed by atoms with Crippen LogP contribution >= 0.6 is 12.1 Å². The molecule has 0 unspecified atom stereocenters. The number of nitrogens with zero attached hydrogens (tertiary/aromatic N) is 2. The normalized spacial score (nSPS) is 16.1. The molecule has 0 aromatic heterocycles. The van der Waals surface area contributed by atoms with Crippen molar-refractivity contribution in [1.82, 2.24) is 52.3 Å². The van der Waals surface area contributed by atoms with Crippen molar-refractivity contribution in [3.63, 3.8) is 0 Å². The lowest BCUT2D eigenvalue weighted by Gasteiger charge is -2.45. The second-order valence-corrected chi connectivity index (χ2v) is 44.2. The molecule has 0 aliphatic heterocycles. The van der Waals surface area contributed by atoms with E-state index in [4.69, 9.17) is 38.8 Å². The number of nitrogens with two attached hydrogens (primary N) is 1. The predicted molar refractivity (Wildman–Crippen MR) is 485 cm³/mol. The third kappa shape index (κ3) is 22.0. The minimum absolute atomic E-state index is 0.216. The Balaban J connectivity index is 1.09. The summed E-state index contributed by atoms with van der Waals surface area (Å²) in [5.41, 5.74) is 8.72. The molecule has 8 atom stereocenters. The maximum absolute atomic E-state index is 18.3. The molecular weight excluding hydrogens is 1650 g/mol. The molecule has 30 heteroatoms. The molecule has 13 amide bonds. The van der Waals surface area contributed by atoms with Gasteiger partial charge in [-0.15, -0.1) is 0 Å². The summed E-state index contributed by atoms with van der Waals surface area (Å²) in [6, 6.07) is 36.9. The van der Waals surface area contributed by atoms with Gasteiger partial charge in [-0.05, 0) is 166 Å². The minimum Gasteiger partial charge on any atom is -0.448 e. The highest BCUT2D eigenvalue weighted by atomic mass is 32.4. The van der Waals surface area contributed by atoms with Crippen LogP contribution in [0.1, 0.15) is 173 Å². The average Bonchev–Trinajstić information content (AvgIpc) is 0.989. The van der Waals surface area contributed by atoms with Gasteiger partial charge < -0.3 is 57.7 Å². The molecule has 7 aromatic rings. The Morgan fingerprint density at radius 3 is 1.19 bits per heavy atom. The first-order valence-electron chi connectivity index (χ1n) is 42.5. The molecule has 4 aliphatic rings. The zero-order valence-corrected chi connectivity index (χ0v) is 75.2. The Kier molecular flexibility index (Phi) is 31.1. The lowest BCUT2D eigenvalue weighted by atomic mass is 9.98. The third-order valence-corrected chi connectivity index (χ3v) is 35.6. The lowest BCUT2D eigenvalue weighted by Crippen LogP contribution is -2.65. The van der Waals surface area contributed by atoms with Crippen LogP contribution in [0.5, 0.6) is 0 Å². The number of carbonyl (C=O) groups is 13. The molecule has 0 saturated heterocycles. The monoisotopic (exact) mass is 1760 g/mol. The number of primary amides is 1. The van der Waals surface area contributed by atoms with E-state index in [2.05, 4.69) is 42.5 Å². The number of benzene rings is 7. The van der Waals surface area contributed by atoms with E-state index in [1.807, 2.05) is 97.1 Å². The number of ether oxygens (including phenoxy) is 2. The Morgan fingerprint density at radius 1 is 0.411 bits per heavy atom. The Morgan fingerprint density at radius 2 is 0.774 bits per heavy atom. The fraction of sp³-hybridized carbons (Fsp3) is 0.415. The molecule has 7 aromatic carbocycles. The van der Waals surface area contributed by atoms with Crippen molar-refractivity contribution in [2.75, 3.05) is 25.5 Å². The molecule has 0 heterocycles. The summed E-state index contributed by atoms with van der Waals surface area (Å²) >= 11 is 14.4. The number of nitrogens with one attached hydrogen (secondary N) is 8. The maximum Gasteiger partial charge on any atom is 0.417 e. The van der Waals surface area contributed by atoms with Gasteiger partial charge in [-0.25, -0.2) is 19.4 Å². The molecule has 11 rings (SSSR count). The molecule has 2 fully saturated rings. The predicted octanol–water partition coefficient (Wildman–Crippen LogP) is 10.1. The van der Waals surface area contributed by atoms with Gasteiger partial charge in [-0.3, -0.25) is 52.7 Å². The number of fused-ring (bicyclic) bond motifs is 6. The summed E-state index contributed by atoms with van der Waals surface area (Å²) in [5.74, 6) is -11.5. The van der Waals surface area contributed by atoms with E-state index in [1.54, 1.807) is 91.0 Å². The average molecular weight is 1760 g/mol. The largest absolute Gasteiger partial charge is 0.448 e. The number of amides is 13. The Bertz CT molecular complexity index is 5090. The van der Waals surface area contributed by atoms with Crippen molar-refractivity contribution in [3.05, 3.63) is 216 Å². The standard InChI is InChI=1S/C94H113N11O15P2S2/c1-57(81(95)107)99-89(115)93(7,8)103-84(110)60(4)97-86(112)79(55-121(123,64-36-18-12-19-37-64)65-38-20-13-21-39-65)104(91(117)119-53-76-72-48-30-26-44-68(72)69-45-27-31-49-73(69)76)88(114)80(56-122(124,66-40-22-14-23-41-66)67-42-24-15-25-43-67)105(92(118)120-54-77-74-50-32-28-46-70(74)71-47-29-33-51-75(71)77)87(113)61(5)98-85(111)78(52-63-34-16-11-17-35-63)101-82(108)58(2)100-90(116)94(9,10)102-83(109)59(3)96-62(6)106/h11-13,16-21,26-39,44-51,57-61,66-67,76-80H,14-15,22-25,40-43,52-56H2,1-10H3,(H2,95,107)(H,96,106)(H,97,112)(H,98,111)(H,99,115)(H,100,116)(H,101,108)(H,102,109)(H,103,110)/t57-,58-,59-,60-,61-,78-,79-,80-/m0/s1. The van der Waals surface area contributed by atoms with Crippen molar-refractivity contribution in [1.29, 1.82) is 0 Å². The zero-order chi connectivity index (χ0) is 89.5. The zero-order valence-electron chi connectivity index (χ0n) is 71.7. The summed E-state index contributed by atoms with van der Waals surface area (Å²) in [6.45, 7) is 12.7. The van der Waals surface area contributed by atoms with E-state index in [9.17, 15) is 33.6 Å². The van der Waals surface area contributed by atoms with Crippen LogP contribution in [-0.4, -0.2) is 183 Å². The lowest BCUT2D eigenvalue weighted by molar-refractivity contribution is -0.147. The molecule has 0 spiro atoms. The van der Waals surface area contributed by atoms with E-state index in [0.29, 0.717) is 51.7 Å². The van der Waals surface area contributed by atoms with Crippen LogP contribution in [0.15, 0.2) is 188 Å². The van der Waals surface area contributed by atoms with Gasteiger partial charge in [0.25, 0.3) is 11.8 Å². The number of hydrogen-bond donors (Lipinski definition) is 9. The summed E-state index contributed by atoms with van der Waals surface area (Å²) in [7, 11) is 0. The van der Waals surface area contributed by atoms with Crippen LogP contribution in [0.2, 0.25) is 0 Å². The molecular formula is C94H113N11O15P2S2. The van der Waals surface area contributed by atoms with Crippen molar-refractivity contribution in [2.45, 2.75) is 222 Å². The smallest absolute Gasteiger partial charge is 0.417 e.